The third-order valence-electron chi connectivity index (χ3n) is 3.18. The summed E-state index contributed by atoms with van der Waals surface area (Å²) in [6.45, 7) is 1.13. The monoisotopic (exact) mass is 440 g/mol. The summed E-state index contributed by atoms with van der Waals surface area (Å²) in [6, 6.07) is 5.01. The average Bonchev–Trinajstić information content (AvgIpc) is 2.49. The molecule has 1 aliphatic rings. The van der Waals surface area contributed by atoms with Gasteiger partial charge in [0.25, 0.3) is 0 Å². The number of rotatable bonds is 2. The lowest BCUT2D eigenvalue weighted by atomic mass is 10.4. The summed E-state index contributed by atoms with van der Waals surface area (Å²) >= 11 is 6.55. The van der Waals surface area contributed by atoms with Crippen molar-refractivity contribution in [3.63, 3.8) is 0 Å². The zero-order chi connectivity index (χ0) is 15.6. The molecule has 0 aromatic heterocycles. The first kappa shape index (κ1) is 16.7. The van der Waals surface area contributed by atoms with Crippen molar-refractivity contribution in [2.24, 2.45) is 0 Å². The average molecular weight is 442 g/mol. The largest absolute Gasteiger partial charge is 0.453 e. The minimum absolute atomic E-state index is 0.211. The van der Waals surface area contributed by atoms with E-state index in [1.807, 2.05) is 0 Å². The molecule has 0 aliphatic carbocycles. The molecule has 0 radical (unpaired) electrons. The molecule has 21 heavy (non-hydrogen) atoms. The Morgan fingerprint density at radius 1 is 1.19 bits per heavy atom. The van der Waals surface area contributed by atoms with Crippen LogP contribution in [0.2, 0.25) is 0 Å². The van der Waals surface area contributed by atoms with Gasteiger partial charge in [0.05, 0.1) is 12.0 Å². The number of ether oxygens (including phenoxy) is 1. The molecule has 0 unspecified atom stereocenters. The predicted molar refractivity (Wildman–Crippen MR) is 84.6 cm³/mol. The topological polar surface area (TPSA) is 66.9 Å². The summed E-state index contributed by atoms with van der Waals surface area (Å²) in [7, 11) is -2.28. The first-order chi connectivity index (χ1) is 9.86. The van der Waals surface area contributed by atoms with E-state index < -0.39 is 16.1 Å². The van der Waals surface area contributed by atoms with Crippen molar-refractivity contribution in [2.45, 2.75) is 4.90 Å². The minimum Gasteiger partial charge on any atom is -0.453 e. The first-order valence-corrected chi connectivity index (χ1v) is 9.17. The molecule has 0 spiro atoms. The number of carbonyl (C=O) groups excluding carboxylic acids is 1. The van der Waals surface area contributed by atoms with E-state index in [4.69, 9.17) is 0 Å². The first-order valence-electron chi connectivity index (χ1n) is 6.14. The lowest BCUT2D eigenvalue weighted by molar-refractivity contribution is 0.108. The minimum atomic E-state index is -3.59. The van der Waals surface area contributed by atoms with Gasteiger partial charge in [-0.2, -0.15) is 4.31 Å². The molecule has 0 saturated carbocycles. The van der Waals surface area contributed by atoms with Crippen molar-refractivity contribution in [3.8, 4) is 0 Å². The smallest absolute Gasteiger partial charge is 0.409 e. The van der Waals surface area contributed by atoms with Crippen LogP contribution >= 0.6 is 31.9 Å². The van der Waals surface area contributed by atoms with Gasteiger partial charge in [0, 0.05) is 35.1 Å². The highest BCUT2D eigenvalue weighted by Gasteiger charge is 2.31. The van der Waals surface area contributed by atoms with Crippen LogP contribution in [0.5, 0.6) is 0 Å². The highest BCUT2D eigenvalue weighted by molar-refractivity contribution is 9.11. The lowest BCUT2D eigenvalue weighted by Gasteiger charge is -2.33. The van der Waals surface area contributed by atoms with Crippen molar-refractivity contribution in [1.29, 1.82) is 0 Å². The molecule has 0 N–H and O–H groups in total. The summed E-state index contributed by atoms with van der Waals surface area (Å²) in [5, 5.41) is 0. The van der Waals surface area contributed by atoms with E-state index in [0.717, 1.165) is 0 Å². The number of hydrogen-bond acceptors (Lipinski definition) is 4. The number of methoxy groups -OCH3 is 1. The Labute approximate surface area is 140 Å². The SMILES string of the molecule is COC(=O)N1CCN(S(=O)(=O)c2cc(Br)ccc2Br)CC1. The molecule has 1 heterocycles. The van der Waals surface area contributed by atoms with Gasteiger partial charge in [0.1, 0.15) is 0 Å². The van der Waals surface area contributed by atoms with Gasteiger partial charge in [-0.15, -0.1) is 0 Å². The summed E-state index contributed by atoms with van der Waals surface area (Å²) in [5.41, 5.74) is 0. The van der Waals surface area contributed by atoms with E-state index in [1.165, 1.54) is 16.3 Å². The van der Waals surface area contributed by atoms with Crippen molar-refractivity contribution in [2.75, 3.05) is 33.3 Å². The van der Waals surface area contributed by atoms with Crippen LogP contribution in [0.15, 0.2) is 32.0 Å². The van der Waals surface area contributed by atoms with Gasteiger partial charge in [0.15, 0.2) is 0 Å². The van der Waals surface area contributed by atoms with E-state index in [1.54, 1.807) is 18.2 Å². The molecule has 1 aliphatic heterocycles. The van der Waals surface area contributed by atoms with Crippen LogP contribution < -0.4 is 0 Å². The molecule has 1 amide bonds. The van der Waals surface area contributed by atoms with Gasteiger partial charge >= 0.3 is 6.09 Å². The Bertz CT molecular complexity index is 643. The fourth-order valence-electron chi connectivity index (χ4n) is 2.05. The molecule has 2 rings (SSSR count). The number of hydrogen-bond donors (Lipinski definition) is 0. The van der Waals surface area contributed by atoms with E-state index >= 15 is 0 Å². The maximum Gasteiger partial charge on any atom is 0.409 e. The van der Waals surface area contributed by atoms with E-state index in [9.17, 15) is 13.2 Å². The Morgan fingerprint density at radius 2 is 1.81 bits per heavy atom. The van der Waals surface area contributed by atoms with E-state index in [0.29, 0.717) is 22.0 Å². The fraction of sp³-hybridized carbons (Fsp3) is 0.417. The van der Waals surface area contributed by atoms with Crippen LogP contribution in [0, 0.1) is 0 Å². The van der Waals surface area contributed by atoms with E-state index in [2.05, 4.69) is 36.6 Å². The van der Waals surface area contributed by atoms with Crippen molar-refractivity contribution in [3.05, 3.63) is 27.1 Å². The van der Waals surface area contributed by atoms with Gasteiger partial charge in [-0.25, -0.2) is 13.2 Å². The van der Waals surface area contributed by atoms with Crippen LogP contribution in [0.25, 0.3) is 0 Å². The summed E-state index contributed by atoms with van der Waals surface area (Å²) < 4.78 is 32.5. The molecule has 116 valence electrons. The zero-order valence-corrected chi connectivity index (χ0v) is 15.2. The van der Waals surface area contributed by atoms with Crippen molar-refractivity contribution in [1.82, 2.24) is 9.21 Å². The summed E-state index contributed by atoms with van der Waals surface area (Å²) in [5.74, 6) is 0. The Morgan fingerprint density at radius 3 is 2.38 bits per heavy atom. The number of nitrogens with zero attached hydrogens (tertiary/aromatic N) is 2. The summed E-state index contributed by atoms with van der Waals surface area (Å²) in [6.07, 6.45) is -0.435. The number of carbonyl (C=O) groups is 1. The van der Waals surface area contributed by atoms with Gasteiger partial charge in [-0.3, -0.25) is 0 Å². The van der Waals surface area contributed by atoms with Crippen LogP contribution in [-0.4, -0.2) is 57.0 Å². The number of piperazine rings is 1. The number of sulfonamides is 1. The number of halogens is 2. The standard InChI is InChI=1S/C12H14Br2N2O4S/c1-20-12(17)15-4-6-16(7-5-15)21(18,19)11-8-9(13)2-3-10(11)14/h2-3,8H,4-7H2,1H3. The normalized spacial score (nSPS) is 16.8. The Hall–Kier alpha value is -0.640. The second-order valence-electron chi connectivity index (χ2n) is 4.44. The second-order valence-corrected chi connectivity index (χ2v) is 8.11. The molecule has 1 aromatic carbocycles. The van der Waals surface area contributed by atoms with Crippen LogP contribution in [0.4, 0.5) is 4.79 Å². The molecule has 1 saturated heterocycles. The highest BCUT2D eigenvalue weighted by Crippen LogP contribution is 2.28. The highest BCUT2D eigenvalue weighted by atomic mass is 79.9. The zero-order valence-electron chi connectivity index (χ0n) is 11.3. The van der Waals surface area contributed by atoms with Crippen LogP contribution in [0.3, 0.4) is 0 Å². The second kappa shape index (κ2) is 6.64. The molecule has 6 nitrogen and oxygen atoms in total. The quantitative estimate of drug-likeness (QED) is 0.706. The molecule has 1 aromatic rings. The molecule has 0 atom stereocenters. The number of benzene rings is 1. The molecular formula is C12H14Br2N2O4S. The molecule has 0 bridgehead atoms. The van der Waals surface area contributed by atoms with Crippen LogP contribution in [-0.2, 0) is 14.8 Å². The van der Waals surface area contributed by atoms with Crippen LogP contribution in [0.1, 0.15) is 0 Å². The van der Waals surface area contributed by atoms with Crippen molar-refractivity contribution < 1.29 is 17.9 Å². The van der Waals surface area contributed by atoms with E-state index in [-0.39, 0.29) is 18.0 Å². The third kappa shape index (κ3) is 3.58. The Kier molecular flexibility index (Phi) is 5.29. The lowest BCUT2D eigenvalue weighted by Crippen LogP contribution is -2.50. The van der Waals surface area contributed by atoms with Gasteiger partial charge in [-0.05, 0) is 34.1 Å². The maximum absolute atomic E-state index is 12.6. The predicted octanol–water partition coefficient (Wildman–Crippen LogP) is 2.28. The molecule has 1 fully saturated rings. The Balaban J connectivity index is 2.19. The van der Waals surface area contributed by atoms with Gasteiger partial charge in [0.2, 0.25) is 10.0 Å². The molecular weight excluding hydrogens is 428 g/mol. The number of amides is 1. The third-order valence-corrected chi connectivity index (χ3v) is 6.57. The fourth-order valence-corrected chi connectivity index (χ4v) is 4.94. The maximum atomic E-state index is 12.6. The van der Waals surface area contributed by atoms with Gasteiger partial charge in [-0.1, -0.05) is 15.9 Å². The van der Waals surface area contributed by atoms with Crippen molar-refractivity contribution >= 4 is 48.0 Å². The summed E-state index contributed by atoms with van der Waals surface area (Å²) in [4.78, 5) is 13.1. The van der Waals surface area contributed by atoms with Gasteiger partial charge < -0.3 is 9.64 Å². The molecule has 9 heteroatoms.